The molecule has 0 bridgehead atoms. The predicted molar refractivity (Wildman–Crippen MR) is 57.7 cm³/mol. The second-order valence-corrected chi connectivity index (χ2v) is 4.75. The van der Waals surface area contributed by atoms with Crippen molar-refractivity contribution in [3.8, 4) is 0 Å². The van der Waals surface area contributed by atoms with Crippen LogP contribution in [0.2, 0.25) is 0 Å². The van der Waals surface area contributed by atoms with Crippen molar-refractivity contribution in [1.82, 2.24) is 0 Å². The maximum Gasteiger partial charge on any atom is 0.0431 e. The van der Waals surface area contributed by atoms with Gasteiger partial charge in [0, 0.05) is 11.9 Å². The van der Waals surface area contributed by atoms with Crippen LogP contribution >= 0.6 is 15.9 Å². The fraction of sp³-hybridized carbons (Fsp3) is 1.00. The Hall–Kier alpha value is 0.440. The molecule has 0 aliphatic carbocycles. The van der Waals surface area contributed by atoms with E-state index in [1.165, 1.54) is 25.7 Å². The van der Waals surface area contributed by atoms with E-state index in [4.69, 9.17) is 5.11 Å². The van der Waals surface area contributed by atoms with E-state index in [2.05, 4.69) is 29.8 Å². The molecule has 12 heavy (non-hydrogen) atoms. The minimum atomic E-state index is 0.349. The first-order valence-electron chi connectivity index (χ1n) is 4.79. The average molecular weight is 237 g/mol. The molecule has 74 valence electrons. The highest BCUT2D eigenvalue weighted by molar-refractivity contribution is 9.09. The molecule has 0 heterocycles. The summed E-state index contributed by atoms with van der Waals surface area (Å²) in [6, 6.07) is 0. The lowest BCUT2D eigenvalue weighted by Crippen LogP contribution is -2.12. The Morgan fingerprint density at radius 1 is 1.08 bits per heavy atom. The quantitative estimate of drug-likeness (QED) is 0.531. The summed E-state index contributed by atoms with van der Waals surface area (Å²) >= 11 is 3.51. The molecule has 0 rings (SSSR count). The van der Waals surface area contributed by atoms with Gasteiger partial charge in [0.1, 0.15) is 0 Å². The fourth-order valence-electron chi connectivity index (χ4n) is 1.14. The Morgan fingerprint density at radius 2 is 1.67 bits per heavy atom. The molecule has 1 N–H and O–H groups in total. The number of alkyl halides is 1. The normalized spacial score (nSPS) is 12.0. The first kappa shape index (κ1) is 12.4. The average Bonchev–Trinajstić information content (AvgIpc) is 2.04. The molecule has 0 aromatic heterocycles. The highest BCUT2D eigenvalue weighted by Gasteiger charge is 2.14. The molecule has 0 aliphatic heterocycles. The van der Waals surface area contributed by atoms with E-state index in [0.717, 1.165) is 11.8 Å². The summed E-state index contributed by atoms with van der Waals surface area (Å²) in [6.07, 6.45) is 5.98. The van der Waals surface area contributed by atoms with Crippen molar-refractivity contribution >= 4 is 15.9 Å². The van der Waals surface area contributed by atoms with E-state index in [0.29, 0.717) is 12.0 Å². The molecule has 0 aromatic carbocycles. The van der Waals surface area contributed by atoms with Gasteiger partial charge in [0.25, 0.3) is 0 Å². The van der Waals surface area contributed by atoms with Gasteiger partial charge in [-0.1, -0.05) is 49.0 Å². The van der Waals surface area contributed by atoms with E-state index in [1.54, 1.807) is 0 Å². The Kier molecular flexibility index (Phi) is 7.16. The fourth-order valence-corrected chi connectivity index (χ4v) is 1.42. The highest BCUT2D eigenvalue weighted by atomic mass is 79.9. The summed E-state index contributed by atoms with van der Waals surface area (Å²) in [7, 11) is 0. The van der Waals surface area contributed by atoms with Crippen LogP contribution in [0.15, 0.2) is 0 Å². The van der Waals surface area contributed by atoms with Crippen molar-refractivity contribution in [3.63, 3.8) is 0 Å². The molecule has 0 aromatic rings. The second kappa shape index (κ2) is 6.90. The first-order chi connectivity index (χ1) is 5.62. The Bertz CT molecular complexity index is 102. The minimum Gasteiger partial charge on any atom is -0.396 e. The van der Waals surface area contributed by atoms with Gasteiger partial charge in [-0.05, 0) is 18.3 Å². The van der Waals surface area contributed by atoms with Gasteiger partial charge in [0.15, 0.2) is 0 Å². The summed E-state index contributed by atoms with van der Waals surface area (Å²) in [5.74, 6) is 0. The van der Waals surface area contributed by atoms with Crippen LogP contribution in [0.4, 0.5) is 0 Å². The zero-order valence-electron chi connectivity index (χ0n) is 8.27. The maximum absolute atomic E-state index is 8.56. The van der Waals surface area contributed by atoms with Crippen LogP contribution in [0, 0.1) is 5.41 Å². The van der Waals surface area contributed by atoms with Crippen molar-refractivity contribution in [2.24, 2.45) is 5.41 Å². The van der Waals surface area contributed by atoms with Crippen LogP contribution in [0.5, 0.6) is 0 Å². The van der Waals surface area contributed by atoms with Gasteiger partial charge in [-0.15, -0.1) is 0 Å². The number of unbranched alkanes of at least 4 members (excludes halogenated alkanes) is 3. The van der Waals surface area contributed by atoms with Crippen LogP contribution in [0.25, 0.3) is 0 Å². The van der Waals surface area contributed by atoms with Gasteiger partial charge in [0.2, 0.25) is 0 Å². The smallest absolute Gasteiger partial charge is 0.0431 e. The van der Waals surface area contributed by atoms with Crippen molar-refractivity contribution in [2.75, 3.05) is 11.9 Å². The topological polar surface area (TPSA) is 20.2 Å². The lowest BCUT2D eigenvalue weighted by atomic mass is 9.89. The SMILES string of the molecule is CC(C)(CBr)CCCCCCO. The molecule has 0 amide bonds. The predicted octanol–water partition coefficient (Wildman–Crippen LogP) is 3.35. The minimum absolute atomic E-state index is 0.349. The largest absolute Gasteiger partial charge is 0.396 e. The third kappa shape index (κ3) is 7.11. The van der Waals surface area contributed by atoms with Gasteiger partial charge < -0.3 is 5.11 Å². The molecule has 0 radical (unpaired) electrons. The molecule has 0 saturated heterocycles. The number of hydrogen-bond acceptors (Lipinski definition) is 1. The van der Waals surface area contributed by atoms with E-state index >= 15 is 0 Å². The van der Waals surface area contributed by atoms with Gasteiger partial charge in [-0.25, -0.2) is 0 Å². The number of aliphatic hydroxyl groups is 1. The van der Waals surface area contributed by atoms with Crippen LogP contribution < -0.4 is 0 Å². The van der Waals surface area contributed by atoms with E-state index in [9.17, 15) is 0 Å². The molecule has 2 heteroatoms. The monoisotopic (exact) mass is 236 g/mol. The molecule has 0 unspecified atom stereocenters. The lowest BCUT2D eigenvalue weighted by molar-refractivity contribution is 0.280. The molecule has 0 spiro atoms. The molecule has 0 aliphatic rings. The number of aliphatic hydroxyl groups excluding tert-OH is 1. The summed E-state index contributed by atoms with van der Waals surface area (Å²) in [5.41, 5.74) is 0.444. The van der Waals surface area contributed by atoms with Gasteiger partial charge >= 0.3 is 0 Å². The zero-order valence-corrected chi connectivity index (χ0v) is 9.86. The van der Waals surface area contributed by atoms with Gasteiger partial charge in [0.05, 0.1) is 0 Å². The van der Waals surface area contributed by atoms with Crippen molar-refractivity contribution in [2.45, 2.75) is 46.0 Å². The van der Waals surface area contributed by atoms with Crippen LogP contribution in [-0.4, -0.2) is 17.0 Å². The molecule has 0 fully saturated rings. The number of rotatable bonds is 7. The van der Waals surface area contributed by atoms with E-state index < -0.39 is 0 Å². The van der Waals surface area contributed by atoms with Crippen molar-refractivity contribution < 1.29 is 5.11 Å². The van der Waals surface area contributed by atoms with Crippen LogP contribution in [-0.2, 0) is 0 Å². The number of hydrogen-bond donors (Lipinski definition) is 1. The third-order valence-corrected chi connectivity index (χ3v) is 3.64. The van der Waals surface area contributed by atoms with E-state index in [-0.39, 0.29) is 0 Å². The van der Waals surface area contributed by atoms with Gasteiger partial charge in [-0.2, -0.15) is 0 Å². The van der Waals surface area contributed by atoms with Gasteiger partial charge in [-0.3, -0.25) is 0 Å². The molecular formula is C10H21BrO. The summed E-state index contributed by atoms with van der Waals surface area (Å²) < 4.78 is 0. The molecule has 0 saturated carbocycles. The zero-order chi connectivity index (χ0) is 9.45. The van der Waals surface area contributed by atoms with Crippen molar-refractivity contribution in [1.29, 1.82) is 0 Å². The van der Waals surface area contributed by atoms with Crippen LogP contribution in [0.1, 0.15) is 46.0 Å². The molecular weight excluding hydrogens is 216 g/mol. The Labute approximate surface area is 84.7 Å². The summed E-state index contributed by atoms with van der Waals surface area (Å²) in [6.45, 7) is 4.92. The maximum atomic E-state index is 8.56. The summed E-state index contributed by atoms with van der Waals surface area (Å²) in [4.78, 5) is 0. The summed E-state index contributed by atoms with van der Waals surface area (Å²) in [5, 5.41) is 9.65. The molecule has 0 atom stereocenters. The molecule has 1 nitrogen and oxygen atoms in total. The van der Waals surface area contributed by atoms with E-state index in [1.807, 2.05) is 0 Å². The standard InChI is InChI=1S/C10H21BrO/c1-10(2,9-11)7-5-3-4-6-8-12/h12H,3-9H2,1-2H3. The first-order valence-corrected chi connectivity index (χ1v) is 5.91. The van der Waals surface area contributed by atoms with Crippen LogP contribution in [0.3, 0.4) is 0 Å². The Morgan fingerprint density at radius 3 is 2.17 bits per heavy atom. The lowest BCUT2D eigenvalue weighted by Gasteiger charge is -2.20. The third-order valence-electron chi connectivity index (χ3n) is 2.12. The number of halogens is 1. The van der Waals surface area contributed by atoms with Crippen molar-refractivity contribution in [3.05, 3.63) is 0 Å². The Balaban J connectivity index is 3.19. The second-order valence-electron chi connectivity index (χ2n) is 4.19. The highest BCUT2D eigenvalue weighted by Crippen LogP contribution is 2.25.